The Balaban J connectivity index is 0.00000312. The molecule has 26 heavy (non-hydrogen) atoms. The summed E-state index contributed by atoms with van der Waals surface area (Å²) in [6.45, 7) is 1.27. The molecule has 1 heterocycles. The lowest BCUT2D eigenvalue weighted by Gasteiger charge is -2.09. The molecule has 1 aromatic carbocycles. The summed E-state index contributed by atoms with van der Waals surface area (Å²) >= 11 is 0. The van der Waals surface area contributed by atoms with Crippen LogP contribution < -0.4 is 16.0 Å². The first-order valence-electron chi connectivity index (χ1n) is 7.90. The van der Waals surface area contributed by atoms with E-state index in [-0.39, 0.29) is 36.6 Å². The highest BCUT2D eigenvalue weighted by atomic mass is 35.5. The van der Waals surface area contributed by atoms with E-state index in [9.17, 15) is 9.59 Å². The summed E-state index contributed by atoms with van der Waals surface area (Å²) < 4.78 is 0. The third kappa shape index (κ3) is 8.29. The van der Waals surface area contributed by atoms with Crippen molar-refractivity contribution in [1.29, 1.82) is 0 Å². The fourth-order valence-electron chi connectivity index (χ4n) is 2.18. The summed E-state index contributed by atoms with van der Waals surface area (Å²) in [4.78, 5) is 27.7. The normalized spacial score (nSPS) is 9.42. The number of nitrogens with zero attached hydrogens (tertiary/aromatic N) is 1. The van der Waals surface area contributed by atoms with E-state index < -0.39 is 0 Å². The number of pyridine rings is 1. The minimum atomic E-state index is -0.189. The van der Waals surface area contributed by atoms with Gasteiger partial charge in [-0.1, -0.05) is 12.1 Å². The minimum absolute atomic E-state index is 0. The molecule has 0 unspecified atom stereocenters. The second kappa shape index (κ2) is 13.1. The van der Waals surface area contributed by atoms with Crippen LogP contribution in [0.15, 0.2) is 48.8 Å². The number of hydrogen-bond donors (Lipinski definition) is 3. The van der Waals surface area contributed by atoms with Crippen LogP contribution in [0.2, 0.25) is 0 Å². The molecule has 0 aliphatic carbocycles. The van der Waals surface area contributed by atoms with Crippen molar-refractivity contribution < 1.29 is 9.59 Å². The minimum Gasteiger partial charge on any atom is -0.352 e. The van der Waals surface area contributed by atoms with E-state index in [2.05, 4.69) is 20.9 Å². The van der Waals surface area contributed by atoms with Crippen LogP contribution in [-0.4, -0.2) is 30.4 Å². The van der Waals surface area contributed by atoms with E-state index in [4.69, 9.17) is 0 Å². The molecule has 2 rings (SSSR count). The lowest BCUT2D eigenvalue weighted by molar-refractivity contribution is -0.121. The van der Waals surface area contributed by atoms with Gasteiger partial charge in [0, 0.05) is 36.6 Å². The van der Waals surface area contributed by atoms with Crippen molar-refractivity contribution in [2.75, 3.05) is 18.9 Å². The molecule has 0 aliphatic heterocycles. The second-order valence-corrected chi connectivity index (χ2v) is 5.37. The number of hydrogen-bond acceptors (Lipinski definition) is 4. The molecule has 0 saturated carbocycles. The van der Waals surface area contributed by atoms with E-state index in [1.54, 1.807) is 24.5 Å². The van der Waals surface area contributed by atoms with Gasteiger partial charge in [0.05, 0.1) is 0 Å². The lowest BCUT2D eigenvalue weighted by atomic mass is 10.2. The van der Waals surface area contributed by atoms with Crippen molar-refractivity contribution in [3.05, 3.63) is 59.9 Å². The van der Waals surface area contributed by atoms with E-state index in [1.165, 1.54) is 0 Å². The summed E-state index contributed by atoms with van der Waals surface area (Å²) in [6, 6.07) is 10.8. The van der Waals surface area contributed by atoms with Gasteiger partial charge < -0.3 is 16.0 Å². The summed E-state index contributed by atoms with van der Waals surface area (Å²) in [5, 5.41) is 8.73. The highest BCUT2D eigenvalue weighted by molar-refractivity contribution is 6.04. The third-order valence-electron chi connectivity index (χ3n) is 3.45. The van der Waals surface area contributed by atoms with Gasteiger partial charge in [0.25, 0.3) is 5.91 Å². The van der Waals surface area contributed by atoms with Crippen molar-refractivity contribution in [1.82, 2.24) is 15.6 Å². The first kappa shape index (κ1) is 23.9. The molecule has 0 atom stereocenters. The molecule has 0 radical (unpaired) electrons. The van der Waals surface area contributed by atoms with Crippen LogP contribution in [0.25, 0.3) is 0 Å². The number of halogens is 2. The van der Waals surface area contributed by atoms with Crippen LogP contribution in [-0.2, 0) is 11.3 Å². The quantitative estimate of drug-likeness (QED) is 0.596. The summed E-state index contributed by atoms with van der Waals surface area (Å²) in [6.07, 6.45) is 4.47. The number of amides is 2. The van der Waals surface area contributed by atoms with Gasteiger partial charge in [-0.25, -0.2) is 0 Å². The zero-order chi connectivity index (χ0) is 17.2. The molecule has 0 aliphatic rings. The van der Waals surface area contributed by atoms with Crippen molar-refractivity contribution in [3.8, 4) is 0 Å². The van der Waals surface area contributed by atoms with E-state index in [0.29, 0.717) is 24.2 Å². The number of nitrogens with one attached hydrogen (secondary N) is 3. The van der Waals surface area contributed by atoms with Crippen molar-refractivity contribution >= 4 is 42.3 Å². The Morgan fingerprint density at radius 1 is 1.08 bits per heavy atom. The molecule has 142 valence electrons. The molecular weight excluding hydrogens is 375 g/mol. The lowest BCUT2D eigenvalue weighted by Crippen LogP contribution is -2.23. The zero-order valence-corrected chi connectivity index (χ0v) is 16.2. The summed E-state index contributed by atoms with van der Waals surface area (Å²) in [7, 11) is 1.86. The molecule has 0 spiro atoms. The maximum atomic E-state index is 12.1. The summed E-state index contributed by atoms with van der Waals surface area (Å²) in [5.41, 5.74) is 2.18. The molecule has 6 nitrogen and oxygen atoms in total. The standard InChI is InChI=1S/C18H22N4O2.2ClH/c1-19-9-3-6-17(23)21-13-14-4-2-5-16(12-14)22-18(24)15-7-10-20-11-8-15;;/h2,4-5,7-8,10-12,19H,3,6,9,13H2,1H3,(H,21,23)(H,22,24);2*1H. The van der Waals surface area contributed by atoms with Gasteiger partial charge in [-0.15, -0.1) is 24.8 Å². The Labute approximate surface area is 166 Å². The maximum absolute atomic E-state index is 12.1. The molecule has 2 aromatic rings. The molecular formula is C18H24Cl2N4O2. The Hall–Kier alpha value is -2.15. The predicted octanol–water partition coefficient (Wildman–Crippen LogP) is 2.79. The SMILES string of the molecule is CNCCCC(=O)NCc1cccc(NC(=O)c2ccncc2)c1.Cl.Cl. The van der Waals surface area contributed by atoms with Gasteiger partial charge in [0.15, 0.2) is 0 Å². The number of carbonyl (C=O) groups excluding carboxylic acids is 2. The third-order valence-corrected chi connectivity index (χ3v) is 3.45. The van der Waals surface area contributed by atoms with Crippen LogP contribution >= 0.6 is 24.8 Å². The van der Waals surface area contributed by atoms with E-state index >= 15 is 0 Å². The van der Waals surface area contributed by atoms with Crippen LogP contribution in [0, 0.1) is 0 Å². The molecule has 8 heteroatoms. The average Bonchev–Trinajstić information content (AvgIpc) is 2.61. The van der Waals surface area contributed by atoms with Crippen molar-refractivity contribution in [3.63, 3.8) is 0 Å². The van der Waals surface area contributed by atoms with Crippen LogP contribution in [0.1, 0.15) is 28.8 Å². The fraction of sp³-hybridized carbons (Fsp3) is 0.278. The van der Waals surface area contributed by atoms with Crippen molar-refractivity contribution in [2.45, 2.75) is 19.4 Å². The highest BCUT2D eigenvalue weighted by Crippen LogP contribution is 2.12. The zero-order valence-electron chi connectivity index (χ0n) is 14.5. The van der Waals surface area contributed by atoms with Crippen LogP contribution in [0.5, 0.6) is 0 Å². The fourth-order valence-corrected chi connectivity index (χ4v) is 2.18. The van der Waals surface area contributed by atoms with Crippen LogP contribution in [0.3, 0.4) is 0 Å². The highest BCUT2D eigenvalue weighted by Gasteiger charge is 2.06. The van der Waals surface area contributed by atoms with E-state index in [0.717, 1.165) is 18.5 Å². The number of benzene rings is 1. The molecule has 1 aromatic heterocycles. The Morgan fingerprint density at radius 3 is 2.50 bits per heavy atom. The van der Waals surface area contributed by atoms with Gasteiger partial charge in [0.1, 0.15) is 0 Å². The Bertz CT molecular complexity index is 684. The van der Waals surface area contributed by atoms with Crippen LogP contribution in [0.4, 0.5) is 5.69 Å². The Kier molecular flexibility index (Phi) is 12.0. The molecule has 0 bridgehead atoms. The number of anilines is 1. The van der Waals surface area contributed by atoms with Gasteiger partial charge in [-0.05, 0) is 49.8 Å². The largest absolute Gasteiger partial charge is 0.352 e. The second-order valence-electron chi connectivity index (χ2n) is 5.37. The molecule has 2 amide bonds. The van der Waals surface area contributed by atoms with E-state index in [1.807, 2.05) is 31.3 Å². The van der Waals surface area contributed by atoms with Gasteiger partial charge in [-0.3, -0.25) is 14.6 Å². The molecule has 0 saturated heterocycles. The number of carbonyl (C=O) groups is 2. The Morgan fingerprint density at radius 2 is 1.81 bits per heavy atom. The maximum Gasteiger partial charge on any atom is 0.255 e. The molecule has 0 fully saturated rings. The average molecular weight is 399 g/mol. The number of aromatic nitrogens is 1. The molecule has 3 N–H and O–H groups in total. The first-order chi connectivity index (χ1) is 11.7. The smallest absolute Gasteiger partial charge is 0.255 e. The predicted molar refractivity (Wildman–Crippen MR) is 108 cm³/mol. The van der Waals surface area contributed by atoms with Gasteiger partial charge in [0.2, 0.25) is 5.91 Å². The summed E-state index contributed by atoms with van der Waals surface area (Å²) in [5.74, 6) is -0.165. The topological polar surface area (TPSA) is 83.1 Å². The monoisotopic (exact) mass is 398 g/mol. The number of rotatable bonds is 8. The first-order valence-corrected chi connectivity index (χ1v) is 7.90. The van der Waals surface area contributed by atoms with Gasteiger partial charge >= 0.3 is 0 Å². The van der Waals surface area contributed by atoms with Crippen molar-refractivity contribution in [2.24, 2.45) is 0 Å². The van der Waals surface area contributed by atoms with Gasteiger partial charge in [-0.2, -0.15) is 0 Å².